The molecule has 6 heteroatoms. The molecule has 114 valence electrons. The van der Waals surface area contributed by atoms with Crippen LogP contribution in [-0.2, 0) is 4.79 Å². The van der Waals surface area contributed by atoms with Crippen LogP contribution in [0.1, 0.15) is 18.4 Å². The zero-order valence-electron chi connectivity index (χ0n) is 11.3. The summed E-state index contributed by atoms with van der Waals surface area (Å²) in [4.78, 5) is 12.3. The largest absolute Gasteiger partial charge is 0.478 e. The van der Waals surface area contributed by atoms with E-state index in [1.165, 1.54) is 6.08 Å². The summed E-state index contributed by atoms with van der Waals surface area (Å²) in [6.07, 6.45) is -1.35. The summed E-state index contributed by atoms with van der Waals surface area (Å²) in [6.45, 7) is 0.767. The number of carboxylic acid groups (broad SMARTS) is 1. The number of hydrogen-bond donors (Lipinski definition) is 1. The van der Waals surface area contributed by atoms with Gasteiger partial charge in [0.05, 0.1) is 5.92 Å². The van der Waals surface area contributed by atoms with Crippen molar-refractivity contribution in [2.45, 2.75) is 19.0 Å². The third-order valence-corrected chi connectivity index (χ3v) is 3.63. The van der Waals surface area contributed by atoms with Crippen LogP contribution in [0.5, 0.6) is 0 Å². The lowest BCUT2D eigenvalue weighted by Crippen LogP contribution is -2.38. The third kappa shape index (κ3) is 4.24. The SMILES string of the molecule is O=C(O)C=Cc1ccc(N2CCC(C(F)(F)F)CC2)cc1. The molecule has 0 aromatic heterocycles. The van der Waals surface area contributed by atoms with Gasteiger partial charge in [0.2, 0.25) is 0 Å². The number of benzene rings is 1. The predicted molar refractivity (Wildman–Crippen MR) is 74.1 cm³/mol. The van der Waals surface area contributed by atoms with E-state index in [-0.39, 0.29) is 12.8 Å². The van der Waals surface area contributed by atoms with E-state index in [0.717, 1.165) is 17.3 Å². The Morgan fingerprint density at radius 1 is 1.19 bits per heavy atom. The minimum absolute atomic E-state index is 0.115. The summed E-state index contributed by atoms with van der Waals surface area (Å²) in [5.74, 6) is -2.22. The van der Waals surface area contributed by atoms with Crippen molar-refractivity contribution < 1.29 is 23.1 Å². The molecule has 0 atom stereocenters. The van der Waals surface area contributed by atoms with Crippen molar-refractivity contribution in [3.05, 3.63) is 35.9 Å². The van der Waals surface area contributed by atoms with Gasteiger partial charge in [0.15, 0.2) is 0 Å². The van der Waals surface area contributed by atoms with Gasteiger partial charge in [-0.3, -0.25) is 0 Å². The topological polar surface area (TPSA) is 40.5 Å². The highest BCUT2D eigenvalue weighted by Crippen LogP contribution is 2.35. The fraction of sp³-hybridized carbons (Fsp3) is 0.400. The first-order valence-electron chi connectivity index (χ1n) is 6.69. The van der Waals surface area contributed by atoms with E-state index in [9.17, 15) is 18.0 Å². The molecule has 1 fully saturated rings. The van der Waals surface area contributed by atoms with Gasteiger partial charge >= 0.3 is 12.1 Å². The third-order valence-electron chi connectivity index (χ3n) is 3.63. The summed E-state index contributed by atoms with van der Waals surface area (Å²) in [7, 11) is 0. The molecule has 0 spiro atoms. The van der Waals surface area contributed by atoms with Crippen molar-refractivity contribution in [1.29, 1.82) is 0 Å². The zero-order chi connectivity index (χ0) is 15.5. The summed E-state index contributed by atoms with van der Waals surface area (Å²) < 4.78 is 37.8. The average Bonchev–Trinajstić information content (AvgIpc) is 2.45. The zero-order valence-corrected chi connectivity index (χ0v) is 11.3. The van der Waals surface area contributed by atoms with Crippen LogP contribution in [0.25, 0.3) is 6.08 Å². The van der Waals surface area contributed by atoms with E-state index in [1.54, 1.807) is 24.3 Å². The quantitative estimate of drug-likeness (QED) is 0.868. The molecule has 0 unspecified atom stereocenters. The first-order valence-corrected chi connectivity index (χ1v) is 6.69. The second-order valence-corrected chi connectivity index (χ2v) is 5.07. The number of aliphatic carboxylic acids is 1. The summed E-state index contributed by atoms with van der Waals surface area (Å²) in [6, 6.07) is 7.11. The van der Waals surface area contributed by atoms with Gasteiger partial charge in [-0.1, -0.05) is 12.1 Å². The Balaban J connectivity index is 1.96. The number of hydrogen-bond acceptors (Lipinski definition) is 2. The monoisotopic (exact) mass is 299 g/mol. The lowest BCUT2D eigenvalue weighted by Gasteiger charge is -2.34. The van der Waals surface area contributed by atoms with Gasteiger partial charge in [-0.15, -0.1) is 0 Å². The number of piperidine rings is 1. The lowest BCUT2D eigenvalue weighted by molar-refractivity contribution is -0.179. The number of halogens is 3. The molecular formula is C15H16F3NO2. The second-order valence-electron chi connectivity index (χ2n) is 5.07. The van der Waals surface area contributed by atoms with Gasteiger partial charge in [0.1, 0.15) is 0 Å². The normalized spacial score (nSPS) is 17.4. The minimum Gasteiger partial charge on any atom is -0.478 e. The molecule has 0 bridgehead atoms. The molecule has 1 heterocycles. The Morgan fingerprint density at radius 2 is 1.76 bits per heavy atom. The van der Waals surface area contributed by atoms with Crippen LogP contribution in [0.4, 0.5) is 18.9 Å². The Kier molecular flexibility index (Phi) is 4.55. The molecule has 1 saturated heterocycles. The van der Waals surface area contributed by atoms with Crippen molar-refractivity contribution in [3.63, 3.8) is 0 Å². The fourth-order valence-electron chi connectivity index (χ4n) is 2.43. The van der Waals surface area contributed by atoms with E-state index in [2.05, 4.69) is 0 Å². The van der Waals surface area contributed by atoms with Crippen molar-refractivity contribution >= 4 is 17.7 Å². The molecule has 1 N–H and O–H groups in total. The van der Waals surface area contributed by atoms with Crippen LogP contribution in [0.2, 0.25) is 0 Å². The first-order chi connectivity index (χ1) is 9.86. The molecule has 0 radical (unpaired) electrons. The minimum atomic E-state index is -4.10. The Hall–Kier alpha value is -1.98. The molecule has 1 aliphatic heterocycles. The molecule has 1 aromatic carbocycles. The lowest BCUT2D eigenvalue weighted by atomic mass is 9.96. The number of carboxylic acids is 1. The maximum Gasteiger partial charge on any atom is 0.391 e. The fourth-order valence-corrected chi connectivity index (χ4v) is 2.43. The highest BCUT2D eigenvalue weighted by Gasteiger charge is 2.41. The predicted octanol–water partition coefficient (Wildman–Crippen LogP) is 3.56. The van der Waals surface area contributed by atoms with Crippen molar-refractivity contribution in [2.75, 3.05) is 18.0 Å². The number of carbonyl (C=O) groups is 1. The Labute approximate surface area is 120 Å². The average molecular weight is 299 g/mol. The van der Waals surface area contributed by atoms with Crippen LogP contribution >= 0.6 is 0 Å². The number of nitrogens with zero attached hydrogens (tertiary/aromatic N) is 1. The van der Waals surface area contributed by atoms with Crippen LogP contribution < -0.4 is 4.90 Å². The molecule has 3 nitrogen and oxygen atoms in total. The van der Waals surface area contributed by atoms with Gasteiger partial charge in [-0.25, -0.2) is 4.79 Å². The van der Waals surface area contributed by atoms with Gasteiger partial charge in [0, 0.05) is 24.9 Å². The molecule has 0 amide bonds. The van der Waals surface area contributed by atoms with Crippen molar-refractivity contribution in [3.8, 4) is 0 Å². The first kappa shape index (κ1) is 15.4. The number of alkyl halides is 3. The summed E-state index contributed by atoms with van der Waals surface area (Å²) >= 11 is 0. The highest BCUT2D eigenvalue weighted by atomic mass is 19.4. The number of anilines is 1. The van der Waals surface area contributed by atoms with E-state index in [1.807, 2.05) is 4.90 Å². The van der Waals surface area contributed by atoms with Crippen LogP contribution in [0, 0.1) is 5.92 Å². The highest BCUT2D eigenvalue weighted by molar-refractivity contribution is 5.85. The molecule has 1 aromatic rings. The Bertz CT molecular complexity index is 515. The standard InChI is InChI=1S/C15H16F3NO2/c16-15(17,18)12-7-9-19(10-8-12)13-4-1-11(2-5-13)3-6-14(20)21/h1-6,12H,7-10H2,(H,20,21). The van der Waals surface area contributed by atoms with Gasteiger partial charge in [-0.2, -0.15) is 13.2 Å². The van der Waals surface area contributed by atoms with Crippen LogP contribution in [0.15, 0.2) is 30.3 Å². The summed E-state index contributed by atoms with van der Waals surface area (Å²) in [5.41, 5.74) is 1.61. The van der Waals surface area contributed by atoms with Crippen molar-refractivity contribution in [2.24, 2.45) is 5.92 Å². The summed E-state index contributed by atoms with van der Waals surface area (Å²) in [5, 5.41) is 8.54. The van der Waals surface area contributed by atoms with Gasteiger partial charge in [0.25, 0.3) is 0 Å². The van der Waals surface area contributed by atoms with E-state index in [0.29, 0.717) is 13.1 Å². The van der Waals surface area contributed by atoms with Gasteiger partial charge < -0.3 is 10.0 Å². The molecule has 0 saturated carbocycles. The maximum absolute atomic E-state index is 12.6. The molecule has 0 aliphatic carbocycles. The molecule has 21 heavy (non-hydrogen) atoms. The van der Waals surface area contributed by atoms with Gasteiger partial charge in [-0.05, 0) is 36.6 Å². The molecule has 2 rings (SSSR count). The number of rotatable bonds is 3. The van der Waals surface area contributed by atoms with Crippen molar-refractivity contribution in [1.82, 2.24) is 0 Å². The van der Waals surface area contributed by atoms with E-state index >= 15 is 0 Å². The molecular weight excluding hydrogens is 283 g/mol. The van der Waals surface area contributed by atoms with Crippen LogP contribution in [-0.4, -0.2) is 30.3 Å². The second kappa shape index (κ2) is 6.20. The van der Waals surface area contributed by atoms with Crippen LogP contribution in [0.3, 0.4) is 0 Å². The molecule has 1 aliphatic rings. The smallest absolute Gasteiger partial charge is 0.391 e. The maximum atomic E-state index is 12.6. The van der Waals surface area contributed by atoms with E-state index < -0.39 is 18.1 Å². The van der Waals surface area contributed by atoms with E-state index in [4.69, 9.17) is 5.11 Å². The Morgan fingerprint density at radius 3 is 2.24 bits per heavy atom.